The fourth-order valence-electron chi connectivity index (χ4n) is 1.78. The maximum Gasteiger partial charge on any atom is 0.134 e. The van der Waals surface area contributed by atoms with Crippen molar-refractivity contribution in [3.63, 3.8) is 0 Å². The summed E-state index contributed by atoms with van der Waals surface area (Å²) in [4.78, 5) is 8.40. The molecule has 6 nitrogen and oxygen atoms in total. The molecule has 0 aliphatic carbocycles. The minimum Gasteiger partial charge on any atom is -0.373 e. The third kappa shape index (κ3) is 2.27. The lowest BCUT2D eigenvalue weighted by Gasteiger charge is -2.10. The topological polar surface area (TPSA) is 67.7 Å². The fraction of sp³-hybridized carbons (Fsp3) is 0.417. The first-order chi connectivity index (χ1) is 8.63. The quantitative estimate of drug-likeness (QED) is 0.855. The van der Waals surface area contributed by atoms with E-state index < -0.39 is 0 Å². The van der Waals surface area contributed by atoms with Crippen molar-refractivity contribution in [2.75, 3.05) is 17.7 Å². The summed E-state index contributed by atoms with van der Waals surface area (Å²) >= 11 is 0. The van der Waals surface area contributed by atoms with Gasteiger partial charge in [0.25, 0.3) is 0 Å². The van der Waals surface area contributed by atoms with Crippen LogP contribution in [0.15, 0.2) is 12.5 Å². The van der Waals surface area contributed by atoms with Crippen LogP contribution < -0.4 is 10.6 Å². The molecule has 0 aliphatic heterocycles. The number of nitrogens with one attached hydrogen (secondary N) is 2. The van der Waals surface area contributed by atoms with Gasteiger partial charge in [0.1, 0.15) is 18.0 Å². The summed E-state index contributed by atoms with van der Waals surface area (Å²) in [5.74, 6) is 1.69. The molecule has 2 N–H and O–H groups in total. The molecule has 0 fully saturated rings. The Bertz CT molecular complexity index is 545. The highest BCUT2D eigenvalue weighted by Gasteiger charge is 2.07. The van der Waals surface area contributed by atoms with Gasteiger partial charge in [-0.05, 0) is 13.8 Å². The number of anilines is 2. The highest BCUT2D eigenvalue weighted by atomic mass is 15.3. The van der Waals surface area contributed by atoms with Gasteiger partial charge in [-0.15, -0.1) is 0 Å². The maximum atomic E-state index is 4.25. The minimum absolute atomic E-state index is 0.709. The summed E-state index contributed by atoms with van der Waals surface area (Å²) < 4.78 is 1.86. The predicted octanol–water partition coefficient (Wildman–Crippen LogP) is 1.48. The lowest BCUT2D eigenvalue weighted by atomic mass is 10.2. The molecular weight excluding hydrogens is 228 g/mol. The Morgan fingerprint density at radius 3 is 2.56 bits per heavy atom. The first-order valence-corrected chi connectivity index (χ1v) is 5.84. The molecule has 0 spiro atoms. The molecule has 18 heavy (non-hydrogen) atoms. The number of nitrogens with zero attached hydrogens (tertiary/aromatic N) is 4. The fourth-order valence-corrected chi connectivity index (χ4v) is 1.78. The van der Waals surface area contributed by atoms with Gasteiger partial charge < -0.3 is 10.6 Å². The van der Waals surface area contributed by atoms with Crippen LogP contribution in [0.3, 0.4) is 0 Å². The Morgan fingerprint density at radius 1 is 1.22 bits per heavy atom. The maximum absolute atomic E-state index is 4.25. The van der Waals surface area contributed by atoms with Gasteiger partial charge in [0.15, 0.2) is 0 Å². The predicted molar refractivity (Wildman–Crippen MR) is 71.6 cm³/mol. The molecular formula is C12H18N6. The SMILES string of the molecule is CNc1ncnc(NCc2cnn(C)c2C)c1C. The standard InChI is InChI=1S/C12H18N6/c1-8-11(13-3)15-7-16-12(8)14-5-10-6-17-18(4)9(10)2/h6-7H,5H2,1-4H3,(H2,13,14,15,16). The summed E-state index contributed by atoms with van der Waals surface area (Å²) in [5, 5.41) is 10.6. The van der Waals surface area contributed by atoms with Gasteiger partial charge in [0, 0.05) is 37.5 Å². The summed E-state index contributed by atoms with van der Waals surface area (Å²) in [5.41, 5.74) is 3.34. The van der Waals surface area contributed by atoms with Gasteiger partial charge in [0.2, 0.25) is 0 Å². The Balaban J connectivity index is 2.13. The molecule has 2 rings (SSSR count). The van der Waals surface area contributed by atoms with Crippen LogP contribution in [0.2, 0.25) is 0 Å². The van der Waals surface area contributed by atoms with E-state index in [4.69, 9.17) is 0 Å². The van der Waals surface area contributed by atoms with E-state index in [1.54, 1.807) is 6.33 Å². The van der Waals surface area contributed by atoms with Crippen molar-refractivity contribution in [2.45, 2.75) is 20.4 Å². The molecule has 0 aliphatic rings. The average molecular weight is 246 g/mol. The molecule has 0 bridgehead atoms. The second kappa shape index (κ2) is 5.03. The largest absolute Gasteiger partial charge is 0.373 e. The highest BCUT2D eigenvalue weighted by molar-refractivity contribution is 5.56. The van der Waals surface area contributed by atoms with Crippen LogP contribution in [0.4, 0.5) is 11.6 Å². The smallest absolute Gasteiger partial charge is 0.134 e. The van der Waals surface area contributed by atoms with Crippen LogP contribution in [0.5, 0.6) is 0 Å². The van der Waals surface area contributed by atoms with Gasteiger partial charge in [-0.2, -0.15) is 5.10 Å². The Labute approximate surface area is 106 Å². The van der Waals surface area contributed by atoms with Gasteiger partial charge >= 0.3 is 0 Å². The number of aryl methyl sites for hydroxylation is 1. The first kappa shape index (κ1) is 12.3. The zero-order valence-electron chi connectivity index (χ0n) is 11.2. The second-order valence-electron chi connectivity index (χ2n) is 4.18. The zero-order chi connectivity index (χ0) is 13.1. The van der Waals surface area contributed by atoms with Crippen LogP contribution in [0.1, 0.15) is 16.8 Å². The molecule has 0 saturated heterocycles. The van der Waals surface area contributed by atoms with Crippen molar-refractivity contribution in [3.8, 4) is 0 Å². The number of aromatic nitrogens is 4. The molecule has 96 valence electrons. The molecule has 0 unspecified atom stereocenters. The van der Waals surface area contributed by atoms with E-state index in [1.807, 2.05) is 31.9 Å². The van der Waals surface area contributed by atoms with Gasteiger partial charge in [-0.3, -0.25) is 4.68 Å². The Kier molecular flexibility index (Phi) is 3.45. The van der Waals surface area contributed by atoms with E-state index >= 15 is 0 Å². The zero-order valence-corrected chi connectivity index (χ0v) is 11.2. The number of hydrogen-bond acceptors (Lipinski definition) is 5. The van der Waals surface area contributed by atoms with Crippen molar-refractivity contribution in [1.82, 2.24) is 19.7 Å². The van der Waals surface area contributed by atoms with E-state index in [0.717, 1.165) is 22.9 Å². The average Bonchev–Trinajstić information content (AvgIpc) is 2.69. The van der Waals surface area contributed by atoms with E-state index in [0.29, 0.717) is 6.54 Å². The molecule has 0 atom stereocenters. The Morgan fingerprint density at radius 2 is 1.94 bits per heavy atom. The van der Waals surface area contributed by atoms with Crippen molar-refractivity contribution < 1.29 is 0 Å². The third-order valence-corrected chi connectivity index (χ3v) is 3.10. The highest BCUT2D eigenvalue weighted by Crippen LogP contribution is 2.18. The van der Waals surface area contributed by atoms with Crippen molar-refractivity contribution in [1.29, 1.82) is 0 Å². The molecule has 0 amide bonds. The van der Waals surface area contributed by atoms with Crippen molar-refractivity contribution >= 4 is 11.6 Å². The molecule has 6 heteroatoms. The Hall–Kier alpha value is -2.11. The second-order valence-corrected chi connectivity index (χ2v) is 4.18. The van der Waals surface area contributed by atoms with Crippen LogP contribution in [0.25, 0.3) is 0 Å². The molecule has 0 aromatic carbocycles. The molecule has 2 aromatic rings. The van der Waals surface area contributed by atoms with E-state index in [9.17, 15) is 0 Å². The van der Waals surface area contributed by atoms with Crippen LogP contribution in [0, 0.1) is 13.8 Å². The summed E-state index contributed by atoms with van der Waals surface area (Å²) in [6, 6.07) is 0. The molecule has 2 heterocycles. The van der Waals surface area contributed by atoms with E-state index in [2.05, 4.69) is 32.6 Å². The monoisotopic (exact) mass is 246 g/mol. The first-order valence-electron chi connectivity index (χ1n) is 5.84. The summed E-state index contributed by atoms with van der Waals surface area (Å²) in [6.07, 6.45) is 3.43. The minimum atomic E-state index is 0.709. The van der Waals surface area contributed by atoms with Crippen LogP contribution in [-0.2, 0) is 13.6 Å². The van der Waals surface area contributed by atoms with Crippen molar-refractivity contribution in [2.24, 2.45) is 7.05 Å². The summed E-state index contributed by atoms with van der Waals surface area (Å²) in [7, 11) is 3.79. The van der Waals surface area contributed by atoms with Crippen LogP contribution in [-0.4, -0.2) is 26.8 Å². The van der Waals surface area contributed by atoms with E-state index in [1.165, 1.54) is 5.56 Å². The van der Waals surface area contributed by atoms with Crippen molar-refractivity contribution in [3.05, 3.63) is 29.3 Å². The lowest BCUT2D eigenvalue weighted by molar-refractivity contribution is 0.738. The van der Waals surface area contributed by atoms with Gasteiger partial charge in [0.05, 0.1) is 6.20 Å². The normalized spacial score (nSPS) is 10.4. The van der Waals surface area contributed by atoms with Crippen LogP contribution >= 0.6 is 0 Å². The molecule has 2 aromatic heterocycles. The lowest BCUT2D eigenvalue weighted by Crippen LogP contribution is -2.07. The summed E-state index contributed by atoms with van der Waals surface area (Å²) in [6.45, 7) is 4.75. The van der Waals surface area contributed by atoms with Gasteiger partial charge in [-0.1, -0.05) is 0 Å². The molecule has 0 saturated carbocycles. The third-order valence-electron chi connectivity index (χ3n) is 3.10. The number of hydrogen-bond donors (Lipinski definition) is 2. The van der Waals surface area contributed by atoms with E-state index in [-0.39, 0.29) is 0 Å². The number of rotatable bonds is 4. The van der Waals surface area contributed by atoms with Gasteiger partial charge in [-0.25, -0.2) is 9.97 Å². The molecule has 0 radical (unpaired) electrons.